The van der Waals surface area contributed by atoms with Crippen molar-refractivity contribution in [3.63, 3.8) is 0 Å². The van der Waals surface area contributed by atoms with Gasteiger partial charge in [-0.2, -0.15) is 5.10 Å². The first-order valence-corrected chi connectivity index (χ1v) is 13.6. The molecule has 1 amide bonds. The zero-order valence-corrected chi connectivity index (χ0v) is 21.3. The molecule has 0 unspecified atom stereocenters. The van der Waals surface area contributed by atoms with Gasteiger partial charge in [0.25, 0.3) is 0 Å². The van der Waals surface area contributed by atoms with Crippen LogP contribution in [0.15, 0.2) is 36.8 Å². The van der Waals surface area contributed by atoms with E-state index in [1.807, 2.05) is 45.0 Å². The van der Waals surface area contributed by atoms with Gasteiger partial charge in [-0.15, -0.1) is 0 Å². The zero-order valence-electron chi connectivity index (χ0n) is 20.5. The molecule has 0 bridgehead atoms. The minimum atomic E-state index is -3.01. The molecule has 11 heteroatoms. The Hall–Kier alpha value is -3.21. The van der Waals surface area contributed by atoms with Crippen molar-refractivity contribution in [2.24, 2.45) is 0 Å². The van der Waals surface area contributed by atoms with Crippen LogP contribution in [0.2, 0.25) is 0 Å². The molecular formula is C24H31N5O5S. The third-order valence-corrected chi connectivity index (χ3v) is 6.59. The molecule has 1 aliphatic heterocycles. The van der Waals surface area contributed by atoms with Gasteiger partial charge < -0.3 is 14.4 Å². The second-order valence-corrected chi connectivity index (χ2v) is 12.1. The Kier molecular flexibility index (Phi) is 6.98. The first kappa shape index (κ1) is 24.9. The van der Waals surface area contributed by atoms with Crippen LogP contribution in [-0.2, 0) is 21.0 Å². The molecule has 3 aromatic rings. The molecule has 2 aromatic heterocycles. The highest BCUT2D eigenvalue weighted by atomic mass is 32.2. The highest BCUT2D eigenvalue weighted by molar-refractivity contribution is 7.90. The Bertz CT molecular complexity index is 1290. The maximum Gasteiger partial charge on any atom is 0.410 e. The molecule has 4 rings (SSSR count). The molecule has 3 heterocycles. The van der Waals surface area contributed by atoms with E-state index in [0.717, 1.165) is 11.3 Å². The lowest BCUT2D eigenvalue weighted by Crippen LogP contribution is -2.44. The number of piperidine rings is 1. The number of hydrogen-bond donors (Lipinski definition) is 0. The third kappa shape index (κ3) is 6.47. The summed E-state index contributed by atoms with van der Waals surface area (Å²) in [6, 6.07) is 7.56. The van der Waals surface area contributed by atoms with Crippen LogP contribution in [0.5, 0.6) is 5.88 Å². The average Bonchev–Trinajstić information content (AvgIpc) is 3.22. The van der Waals surface area contributed by atoms with Crippen LogP contribution in [0.25, 0.3) is 16.7 Å². The van der Waals surface area contributed by atoms with E-state index in [0.29, 0.717) is 49.3 Å². The number of sulfone groups is 1. The maximum atomic E-state index is 12.3. The molecule has 1 saturated heterocycles. The summed E-state index contributed by atoms with van der Waals surface area (Å²) in [7, 11) is -3.01. The Morgan fingerprint density at radius 3 is 2.43 bits per heavy atom. The van der Waals surface area contributed by atoms with E-state index >= 15 is 0 Å². The van der Waals surface area contributed by atoms with E-state index in [1.54, 1.807) is 15.8 Å². The smallest absolute Gasteiger partial charge is 0.410 e. The molecule has 35 heavy (non-hydrogen) atoms. The van der Waals surface area contributed by atoms with Gasteiger partial charge in [-0.05, 0) is 44.9 Å². The molecular weight excluding hydrogens is 470 g/mol. The van der Waals surface area contributed by atoms with Gasteiger partial charge in [0, 0.05) is 32.2 Å². The first-order valence-electron chi connectivity index (χ1n) is 11.6. The lowest BCUT2D eigenvalue weighted by Gasteiger charge is -2.33. The molecule has 1 aliphatic rings. The number of ether oxygens (including phenoxy) is 2. The third-order valence-electron chi connectivity index (χ3n) is 5.64. The van der Waals surface area contributed by atoms with Gasteiger partial charge in [0.1, 0.15) is 33.3 Å². The van der Waals surface area contributed by atoms with Crippen molar-refractivity contribution in [3.8, 4) is 11.6 Å². The molecule has 188 valence electrons. The van der Waals surface area contributed by atoms with E-state index in [-0.39, 0.29) is 18.0 Å². The number of rotatable bonds is 6. The van der Waals surface area contributed by atoms with Gasteiger partial charge in [-0.1, -0.05) is 12.1 Å². The first-order chi connectivity index (χ1) is 16.5. The number of benzene rings is 1. The average molecular weight is 502 g/mol. The number of aromatic nitrogens is 4. The second kappa shape index (κ2) is 9.80. The number of amides is 1. The van der Waals surface area contributed by atoms with Crippen molar-refractivity contribution in [2.75, 3.05) is 25.1 Å². The Morgan fingerprint density at radius 2 is 1.80 bits per heavy atom. The Balaban J connectivity index is 1.43. The predicted molar refractivity (Wildman–Crippen MR) is 132 cm³/mol. The van der Waals surface area contributed by atoms with Gasteiger partial charge in [0.15, 0.2) is 5.65 Å². The molecule has 0 atom stereocenters. The molecule has 0 N–H and O–H groups in total. The zero-order chi connectivity index (χ0) is 25.2. The van der Waals surface area contributed by atoms with Gasteiger partial charge in [-0.25, -0.2) is 27.9 Å². The number of likely N-dealkylation sites (tertiary alicyclic amines) is 1. The normalized spacial score (nSPS) is 15.4. The molecule has 1 aromatic carbocycles. The standard InChI is InChI=1S/C24H31N5O5S/c1-24(2,3)34-23(30)28-12-9-19(10-13-28)33-22-20-15-27-29(21(20)25-16-26-22)18-7-5-17(6-8-18)11-14-35(4,31)32/h5-8,15-16,19H,9-14H2,1-4H3. The van der Waals surface area contributed by atoms with Gasteiger partial charge >= 0.3 is 6.09 Å². The summed E-state index contributed by atoms with van der Waals surface area (Å²) < 4.78 is 36.2. The van der Waals surface area contributed by atoms with Crippen molar-refractivity contribution in [2.45, 2.75) is 51.7 Å². The van der Waals surface area contributed by atoms with Gasteiger partial charge in [0.2, 0.25) is 5.88 Å². The lowest BCUT2D eigenvalue weighted by atomic mass is 10.1. The molecule has 10 nitrogen and oxygen atoms in total. The number of carbonyl (C=O) groups is 1. The molecule has 0 radical (unpaired) electrons. The van der Waals surface area contributed by atoms with Crippen LogP contribution in [0.3, 0.4) is 0 Å². The minimum absolute atomic E-state index is 0.0794. The van der Waals surface area contributed by atoms with Crippen LogP contribution >= 0.6 is 0 Å². The topological polar surface area (TPSA) is 117 Å². The number of carbonyl (C=O) groups excluding carboxylic acids is 1. The van der Waals surface area contributed by atoms with Crippen molar-refractivity contribution >= 4 is 27.0 Å². The van der Waals surface area contributed by atoms with Crippen molar-refractivity contribution in [1.29, 1.82) is 0 Å². The highest BCUT2D eigenvalue weighted by Crippen LogP contribution is 2.26. The summed E-state index contributed by atoms with van der Waals surface area (Å²) in [6.45, 7) is 6.68. The second-order valence-electron chi connectivity index (χ2n) is 9.80. The lowest BCUT2D eigenvalue weighted by molar-refractivity contribution is 0.0124. The van der Waals surface area contributed by atoms with Crippen molar-refractivity contribution < 1.29 is 22.7 Å². The Morgan fingerprint density at radius 1 is 1.11 bits per heavy atom. The fourth-order valence-corrected chi connectivity index (χ4v) is 4.46. The maximum absolute atomic E-state index is 12.3. The van der Waals surface area contributed by atoms with E-state index in [1.165, 1.54) is 12.6 Å². The SMILES string of the molecule is CC(C)(C)OC(=O)N1CCC(Oc2ncnc3c2cnn3-c2ccc(CCS(C)(=O)=O)cc2)CC1. The number of nitrogens with zero attached hydrogens (tertiary/aromatic N) is 5. The monoisotopic (exact) mass is 501 g/mol. The quantitative estimate of drug-likeness (QED) is 0.506. The fraction of sp³-hybridized carbons (Fsp3) is 0.500. The summed E-state index contributed by atoms with van der Waals surface area (Å²) >= 11 is 0. The van der Waals surface area contributed by atoms with E-state index in [4.69, 9.17) is 9.47 Å². The van der Waals surface area contributed by atoms with E-state index in [9.17, 15) is 13.2 Å². The summed E-state index contributed by atoms with van der Waals surface area (Å²) in [5, 5.41) is 5.17. The molecule has 0 saturated carbocycles. The van der Waals surface area contributed by atoms with E-state index < -0.39 is 15.4 Å². The van der Waals surface area contributed by atoms with Crippen LogP contribution < -0.4 is 4.74 Å². The van der Waals surface area contributed by atoms with Crippen molar-refractivity contribution in [3.05, 3.63) is 42.4 Å². The highest BCUT2D eigenvalue weighted by Gasteiger charge is 2.28. The van der Waals surface area contributed by atoms with Gasteiger partial charge in [-0.3, -0.25) is 0 Å². The Labute approximate surface area is 205 Å². The number of hydrogen-bond acceptors (Lipinski definition) is 8. The number of fused-ring (bicyclic) bond motifs is 1. The van der Waals surface area contributed by atoms with Gasteiger partial charge in [0.05, 0.1) is 17.6 Å². The van der Waals surface area contributed by atoms with Crippen molar-refractivity contribution in [1.82, 2.24) is 24.6 Å². The fourth-order valence-electron chi connectivity index (χ4n) is 3.85. The molecule has 1 fully saturated rings. The van der Waals surface area contributed by atoms with Crippen LogP contribution in [-0.4, -0.2) is 76.0 Å². The molecule has 0 aliphatic carbocycles. The largest absolute Gasteiger partial charge is 0.474 e. The number of aryl methyl sites for hydroxylation is 1. The van der Waals surface area contributed by atoms with Crippen LogP contribution in [0.4, 0.5) is 4.79 Å². The van der Waals surface area contributed by atoms with Crippen LogP contribution in [0, 0.1) is 0 Å². The summed E-state index contributed by atoms with van der Waals surface area (Å²) in [4.78, 5) is 22.7. The summed E-state index contributed by atoms with van der Waals surface area (Å²) in [5.41, 5.74) is 1.84. The summed E-state index contributed by atoms with van der Waals surface area (Å²) in [6.07, 6.45) is 5.80. The van der Waals surface area contributed by atoms with Crippen LogP contribution in [0.1, 0.15) is 39.2 Å². The predicted octanol–water partition coefficient (Wildman–Crippen LogP) is 3.18. The molecule has 0 spiro atoms. The minimum Gasteiger partial charge on any atom is -0.474 e. The summed E-state index contributed by atoms with van der Waals surface area (Å²) in [5.74, 6) is 0.573. The van der Waals surface area contributed by atoms with E-state index in [2.05, 4.69) is 15.1 Å².